The topological polar surface area (TPSA) is 49.3 Å². The largest absolute Gasteiger partial charge is 0.390 e. The van der Waals surface area contributed by atoms with Crippen molar-refractivity contribution >= 4 is 11.5 Å². The maximum atomic E-state index is 14.1. The second-order valence-electron chi connectivity index (χ2n) is 13.1. The summed E-state index contributed by atoms with van der Waals surface area (Å²) < 4.78 is 27.4. The molecule has 1 aromatic rings. The van der Waals surface area contributed by atoms with E-state index in [1.54, 1.807) is 0 Å². The second-order valence-corrected chi connectivity index (χ2v) is 13.1. The summed E-state index contributed by atoms with van der Waals surface area (Å²) in [5, 5.41) is 13.6. The third-order valence-electron chi connectivity index (χ3n) is 11.3. The Morgan fingerprint density at radius 2 is 1.82 bits per heavy atom. The molecule has 0 radical (unpaired) electrons. The van der Waals surface area contributed by atoms with Crippen LogP contribution < -0.4 is 5.32 Å². The van der Waals surface area contributed by atoms with Crippen molar-refractivity contribution in [1.82, 2.24) is 0 Å². The van der Waals surface area contributed by atoms with Crippen molar-refractivity contribution in [2.24, 2.45) is 58.7 Å². The van der Waals surface area contributed by atoms with E-state index in [2.05, 4.69) is 19.2 Å². The predicted molar refractivity (Wildman–Crippen MR) is 128 cm³/mol. The first-order valence-electron chi connectivity index (χ1n) is 13.5. The summed E-state index contributed by atoms with van der Waals surface area (Å²) in [4.78, 5) is 13.6. The van der Waals surface area contributed by atoms with Crippen LogP contribution in [0.2, 0.25) is 0 Å². The smallest absolute Gasteiger partial charge is 0.155 e. The standard InChI is InChI=1S/C29H39F2NO2/c1-15-24-25(15)27(23(33)14-32-22-7-5-17(30)12-21(22)31)29(3)11-9-19-18-8-10-28(2,34)13-16(18)4-6-20(19)26(24)29/h5,7,12,15-16,18-20,24-27,32,34H,4,6,8-11,13-14H2,1-3H3/t15?,16-,18+,19-,20-,24?,25?,26-,27+,28-,29+/m1/s1. The van der Waals surface area contributed by atoms with Gasteiger partial charge in [-0.2, -0.15) is 0 Å². The molecule has 6 rings (SSSR count). The van der Waals surface area contributed by atoms with Gasteiger partial charge in [-0.25, -0.2) is 8.78 Å². The zero-order chi connectivity index (χ0) is 24.0. The number of benzene rings is 1. The number of carbonyl (C=O) groups is 1. The van der Waals surface area contributed by atoms with Crippen LogP contribution in [-0.2, 0) is 4.79 Å². The van der Waals surface area contributed by atoms with Gasteiger partial charge in [0.1, 0.15) is 11.6 Å². The van der Waals surface area contributed by atoms with Gasteiger partial charge >= 0.3 is 0 Å². The van der Waals surface area contributed by atoms with Crippen molar-refractivity contribution in [3.8, 4) is 0 Å². The van der Waals surface area contributed by atoms with Crippen LogP contribution in [0.4, 0.5) is 14.5 Å². The van der Waals surface area contributed by atoms with Crippen molar-refractivity contribution in [2.45, 2.75) is 71.3 Å². The lowest BCUT2D eigenvalue weighted by molar-refractivity contribution is -0.135. The molecular formula is C29H39F2NO2. The van der Waals surface area contributed by atoms with Crippen molar-refractivity contribution in [3.05, 3.63) is 29.8 Å². The molecule has 186 valence electrons. The Kier molecular flexibility index (Phi) is 5.23. The van der Waals surface area contributed by atoms with Crippen molar-refractivity contribution in [1.29, 1.82) is 0 Å². The Labute approximate surface area is 202 Å². The summed E-state index contributed by atoms with van der Waals surface area (Å²) in [5.74, 6) is 4.18. The van der Waals surface area contributed by atoms with Gasteiger partial charge in [0.05, 0.1) is 17.8 Å². The SMILES string of the molecule is CC1C2C1[C@H]1[C@@H]3CC[C@@H]4C[C@](C)(O)CC[C@@H]4[C@H]3CC[C@]1(C)[C@H]2C(=O)CNc1ccc(F)cc1F. The van der Waals surface area contributed by atoms with Crippen LogP contribution >= 0.6 is 0 Å². The Morgan fingerprint density at radius 1 is 1.06 bits per heavy atom. The molecule has 0 bridgehead atoms. The molecule has 0 heterocycles. The molecule has 0 aromatic heterocycles. The van der Waals surface area contributed by atoms with Gasteiger partial charge in [0.2, 0.25) is 0 Å². The molecule has 5 aliphatic rings. The highest BCUT2D eigenvalue weighted by atomic mass is 19.1. The number of fused-ring (bicyclic) bond motifs is 7. The predicted octanol–water partition coefficient (Wildman–Crippen LogP) is 6.07. The van der Waals surface area contributed by atoms with E-state index in [0.29, 0.717) is 35.5 Å². The number of anilines is 1. The first kappa shape index (κ1) is 22.9. The van der Waals surface area contributed by atoms with Crippen LogP contribution in [-0.4, -0.2) is 23.0 Å². The molecule has 2 N–H and O–H groups in total. The molecule has 5 heteroatoms. The number of hydrogen-bond acceptors (Lipinski definition) is 3. The van der Waals surface area contributed by atoms with Gasteiger partial charge < -0.3 is 10.4 Å². The van der Waals surface area contributed by atoms with Crippen molar-refractivity contribution in [3.63, 3.8) is 0 Å². The maximum absolute atomic E-state index is 14.1. The number of carbonyl (C=O) groups excluding carboxylic acids is 1. The van der Waals surface area contributed by atoms with Gasteiger partial charge in [0, 0.05) is 12.0 Å². The first-order valence-corrected chi connectivity index (χ1v) is 13.5. The maximum Gasteiger partial charge on any atom is 0.155 e. The number of hydrogen-bond donors (Lipinski definition) is 2. The van der Waals surface area contributed by atoms with Gasteiger partial charge in [-0.3, -0.25) is 4.79 Å². The normalized spacial score (nSPS) is 48.8. The lowest BCUT2D eigenvalue weighted by atomic mass is 9.47. The minimum atomic E-state index is -0.648. The lowest BCUT2D eigenvalue weighted by Gasteiger charge is -2.58. The molecule has 0 saturated heterocycles. The highest BCUT2D eigenvalue weighted by Gasteiger charge is 2.73. The fourth-order valence-electron chi connectivity index (χ4n) is 10.0. The van der Waals surface area contributed by atoms with Crippen LogP contribution in [0.3, 0.4) is 0 Å². The zero-order valence-electron chi connectivity index (χ0n) is 20.7. The van der Waals surface area contributed by atoms with Gasteiger partial charge in [0.25, 0.3) is 0 Å². The number of halogens is 2. The molecule has 11 atom stereocenters. The van der Waals surface area contributed by atoms with Crippen molar-refractivity contribution in [2.75, 3.05) is 11.9 Å². The minimum Gasteiger partial charge on any atom is -0.390 e. The summed E-state index contributed by atoms with van der Waals surface area (Å²) in [7, 11) is 0. The van der Waals surface area contributed by atoms with Gasteiger partial charge in [-0.05, 0) is 117 Å². The highest BCUT2D eigenvalue weighted by Crippen LogP contribution is 2.76. The molecule has 5 saturated carbocycles. The van der Waals surface area contributed by atoms with Gasteiger partial charge in [-0.15, -0.1) is 0 Å². The summed E-state index contributed by atoms with van der Waals surface area (Å²) >= 11 is 0. The molecule has 3 nitrogen and oxygen atoms in total. The van der Waals surface area contributed by atoms with Crippen molar-refractivity contribution < 1.29 is 18.7 Å². The van der Waals surface area contributed by atoms with E-state index in [-0.39, 0.29) is 29.3 Å². The van der Waals surface area contributed by atoms with E-state index in [0.717, 1.165) is 43.6 Å². The summed E-state index contributed by atoms with van der Waals surface area (Å²) in [5.41, 5.74) is -0.254. The molecule has 0 amide bonds. The Hall–Kier alpha value is -1.49. The molecule has 5 aliphatic carbocycles. The van der Waals surface area contributed by atoms with E-state index in [1.807, 2.05) is 6.92 Å². The Bertz CT molecular complexity index is 994. The number of aliphatic hydroxyl groups is 1. The van der Waals surface area contributed by atoms with Gasteiger partial charge in [-0.1, -0.05) is 13.8 Å². The van der Waals surface area contributed by atoms with E-state index in [9.17, 15) is 18.7 Å². The van der Waals surface area contributed by atoms with E-state index < -0.39 is 17.2 Å². The lowest BCUT2D eigenvalue weighted by Crippen LogP contribution is -2.53. The van der Waals surface area contributed by atoms with Gasteiger partial charge in [0.15, 0.2) is 5.78 Å². The summed E-state index contributed by atoms with van der Waals surface area (Å²) in [6.45, 7) is 6.84. The highest BCUT2D eigenvalue weighted by molar-refractivity contribution is 5.87. The average Bonchev–Trinajstić information content (AvgIpc) is 3.29. The summed E-state index contributed by atoms with van der Waals surface area (Å²) in [6, 6.07) is 3.47. The van der Waals surface area contributed by atoms with Crippen LogP contribution in [0, 0.1) is 70.3 Å². The molecule has 0 spiro atoms. The average molecular weight is 472 g/mol. The van der Waals surface area contributed by atoms with Crippen LogP contribution in [0.1, 0.15) is 65.7 Å². The van der Waals surface area contributed by atoms with Crippen LogP contribution in [0.15, 0.2) is 18.2 Å². The second kappa shape index (κ2) is 7.75. The first-order chi connectivity index (χ1) is 16.1. The van der Waals surface area contributed by atoms with E-state index in [1.165, 1.54) is 31.4 Å². The summed E-state index contributed by atoms with van der Waals surface area (Å²) in [6.07, 6.45) is 7.83. The molecular weight excluding hydrogens is 432 g/mol. The molecule has 3 unspecified atom stereocenters. The van der Waals surface area contributed by atoms with Crippen LogP contribution in [0.5, 0.6) is 0 Å². The number of Topliss-reactive ketones (excluding diaryl/α,β-unsaturated/α-hetero) is 1. The molecule has 34 heavy (non-hydrogen) atoms. The number of rotatable bonds is 4. The Balaban J connectivity index is 1.20. The molecule has 5 fully saturated rings. The van der Waals surface area contributed by atoms with Crippen LogP contribution in [0.25, 0.3) is 0 Å². The number of ketones is 1. The monoisotopic (exact) mass is 471 g/mol. The van der Waals surface area contributed by atoms with E-state index in [4.69, 9.17) is 0 Å². The third kappa shape index (κ3) is 3.39. The van der Waals surface area contributed by atoms with E-state index >= 15 is 0 Å². The fraction of sp³-hybridized carbons (Fsp3) is 0.759. The molecule has 0 aliphatic heterocycles. The fourth-order valence-corrected chi connectivity index (χ4v) is 10.0. The minimum absolute atomic E-state index is 0.0378. The third-order valence-corrected chi connectivity index (χ3v) is 11.3. The quantitative estimate of drug-likeness (QED) is 0.561. The molecule has 1 aromatic carbocycles. The Morgan fingerprint density at radius 3 is 2.59 bits per heavy atom. The number of nitrogens with one attached hydrogen (secondary N) is 1. The zero-order valence-corrected chi connectivity index (χ0v) is 20.7.